The normalized spacial score (nSPS) is 29.2. The SMILES string of the molecule is C=CCN(C(=O)[C@H]1N([C@@H](CO)[C@@H](C)CC)C(=O)[C@@H]2[C@@H](C(=O)O)[C@H]3CC[C@]21O3)c1ccc(N(CC)CC)cc1. The molecule has 0 aliphatic carbocycles. The number of rotatable bonds is 12. The van der Waals surface area contributed by atoms with Gasteiger partial charge in [0.25, 0.3) is 5.91 Å². The lowest BCUT2D eigenvalue weighted by Crippen LogP contribution is -2.60. The van der Waals surface area contributed by atoms with Gasteiger partial charge in [-0.3, -0.25) is 14.4 Å². The monoisotopic (exact) mass is 527 g/mol. The molecule has 3 heterocycles. The number of carbonyl (C=O) groups is 3. The first-order chi connectivity index (χ1) is 18.2. The number of amides is 2. The van der Waals surface area contributed by atoms with Gasteiger partial charge < -0.3 is 29.6 Å². The lowest BCUT2D eigenvalue weighted by Gasteiger charge is -2.41. The summed E-state index contributed by atoms with van der Waals surface area (Å²) in [6, 6.07) is 6.04. The zero-order valence-electron chi connectivity index (χ0n) is 22.9. The van der Waals surface area contributed by atoms with E-state index in [0.717, 1.165) is 18.8 Å². The van der Waals surface area contributed by atoms with Gasteiger partial charge in [-0.15, -0.1) is 6.58 Å². The van der Waals surface area contributed by atoms with Crippen molar-refractivity contribution in [2.75, 3.05) is 36.0 Å². The lowest BCUT2D eigenvalue weighted by molar-refractivity contribution is -0.151. The number of likely N-dealkylation sites (tertiary alicyclic amines) is 1. The van der Waals surface area contributed by atoms with Crippen LogP contribution >= 0.6 is 0 Å². The van der Waals surface area contributed by atoms with E-state index in [4.69, 9.17) is 4.74 Å². The standard InChI is InChI=1S/C29H41N3O6/c1-6-16-31(20-12-10-19(11-13-20)30(8-3)9-4)27(35)25-29-15-14-22(38-29)23(28(36)37)24(29)26(34)32(25)21(17-33)18(5)7-2/h6,10-13,18,21-25,33H,1,7-9,14-17H2,2-5H3,(H,36,37)/t18-,21-,22+,23-,24-,25+,29-/m0/s1. The third-order valence-electron chi connectivity index (χ3n) is 8.97. The molecule has 2 amide bonds. The fraction of sp³-hybridized carbons (Fsp3) is 0.621. The molecule has 0 saturated carbocycles. The van der Waals surface area contributed by atoms with E-state index >= 15 is 0 Å². The third-order valence-corrected chi connectivity index (χ3v) is 8.97. The summed E-state index contributed by atoms with van der Waals surface area (Å²) in [6.07, 6.45) is 2.62. The summed E-state index contributed by atoms with van der Waals surface area (Å²) in [5.74, 6) is -3.90. The van der Waals surface area contributed by atoms with Crippen molar-refractivity contribution in [2.45, 2.75) is 70.7 Å². The molecule has 208 valence electrons. The van der Waals surface area contributed by atoms with Gasteiger partial charge in [0, 0.05) is 31.0 Å². The highest BCUT2D eigenvalue weighted by atomic mass is 16.5. The number of hydrogen-bond acceptors (Lipinski definition) is 6. The van der Waals surface area contributed by atoms with Gasteiger partial charge in [-0.2, -0.15) is 0 Å². The molecular formula is C29H41N3O6. The number of carboxylic acids is 1. The van der Waals surface area contributed by atoms with Crippen molar-refractivity contribution >= 4 is 29.2 Å². The second-order valence-corrected chi connectivity index (χ2v) is 10.7. The van der Waals surface area contributed by atoms with Crippen molar-refractivity contribution in [1.29, 1.82) is 0 Å². The third kappa shape index (κ3) is 4.29. The van der Waals surface area contributed by atoms with Crippen LogP contribution in [0.1, 0.15) is 47.0 Å². The van der Waals surface area contributed by atoms with Crippen LogP contribution in [-0.2, 0) is 19.1 Å². The summed E-state index contributed by atoms with van der Waals surface area (Å²) in [5, 5.41) is 20.4. The molecule has 1 aromatic carbocycles. The fourth-order valence-electron chi connectivity index (χ4n) is 6.86. The summed E-state index contributed by atoms with van der Waals surface area (Å²) < 4.78 is 6.34. The molecule has 7 atom stereocenters. The van der Waals surface area contributed by atoms with Crippen LogP contribution in [0.5, 0.6) is 0 Å². The van der Waals surface area contributed by atoms with Crippen LogP contribution in [0.4, 0.5) is 11.4 Å². The molecule has 3 aliphatic heterocycles. The van der Waals surface area contributed by atoms with Gasteiger partial charge in [-0.1, -0.05) is 26.3 Å². The maximum Gasteiger partial charge on any atom is 0.310 e. The summed E-state index contributed by atoms with van der Waals surface area (Å²) >= 11 is 0. The molecule has 3 aliphatic rings. The second kappa shape index (κ2) is 11.1. The van der Waals surface area contributed by atoms with Crippen molar-refractivity contribution in [3.05, 3.63) is 36.9 Å². The van der Waals surface area contributed by atoms with Gasteiger partial charge in [0.05, 0.1) is 30.6 Å². The Morgan fingerprint density at radius 2 is 1.84 bits per heavy atom. The first-order valence-corrected chi connectivity index (χ1v) is 13.8. The van der Waals surface area contributed by atoms with E-state index in [1.165, 1.54) is 4.90 Å². The van der Waals surface area contributed by atoms with Crippen LogP contribution in [-0.4, -0.2) is 82.9 Å². The Kier molecular flexibility index (Phi) is 8.18. The van der Waals surface area contributed by atoms with Gasteiger partial charge in [0.2, 0.25) is 5.91 Å². The average Bonchev–Trinajstić information content (AvgIpc) is 3.56. The Bertz CT molecular complexity index is 1060. The minimum absolute atomic E-state index is 0.101. The quantitative estimate of drug-likeness (QED) is 0.402. The first-order valence-electron chi connectivity index (χ1n) is 13.8. The number of fused-ring (bicyclic) bond motifs is 1. The Balaban J connectivity index is 1.79. The molecule has 9 heteroatoms. The zero-order valence-corrected chi connectivity index (χ0v) is 22.9. The van der Waals surface area contributed by atoms with E-state index in [9.17, 15) is 24.6 Å². The van der Waals surface area contributed by atoms with Crippen molar-refractivity contribution in [3.63, 3.8) is 0 Å². The fourth-order valence-corrected chi connectivity index (χ4v) is 6.86. The molecule has 38 heavy (non-hydrogen) atoms. The predicted molar refractivity (Wildman–Crippen MR) is 145 cm³/mol. The highest BCUT2D eigenvalue weighted by molar-refractivity contribution is 6.04. The molecule has 3 saturated heterocycles. The van der Waals surface area contributed by atoms with E-state index in [-0.39, 0.29) is 25.0 Å². The Morgan fingerprint density at radius 3 is 2.37 bits per heavy atom. The number of aliphatic hydroxyl groups excluding tert-OH is 1. The molecule has 2 bridgehead atoms. The Labute approximate surface area is 225 Å². The van der Waals surface area contributed by atoms with E-state index in [0.29, 0.717) is 24.9 Å². The van der Waals surface area contributed by atoms with Crippen LogP contribution in [0.15, 0.2) is 36.9 Å². The topological polar surface area (TPSA) is 111 Å². The molecule has 9 nitrogen and oxygen atoms in total. The number of nitrogens with zero attached hydrogens (tertiary/aromatic N) is 3. The lowest BCUT2D eigenvalue weighted by atomic mass is 9.70. The molecule has 0 unspecified atom stereocenters. The maximum absolute atomic E-state index is 14.5. The number of benzene rings is 1. The van der Waals surface area contributed by atoms with E-state index in [1.54, 1.807) is 11.0 Å². The van der Waals surface area contributed by atoms with Crippen molar-refractivity contribution in [3.8, 4) is 0 Å². The number of aliphatic carboxylic acids is 1. The summed E-state index contributed by atoms with van der Waals surface area (Å²) in [6.45, 7) is 13.5. The van der Waals surface area contributed by atoms with Crippen molar-refractivity contribution < 1.29 is 29.3 Å². The van der Waals surface area contributed by atoms with Gasteiger partial charge in [0.15, 0.2) is 0 Å². The predicted octanol–water partition coefficient (Wildman–Crippen LogP) is 2.92. The van der Waals surface area contributed by atoms with Crippen LogP contribution in [0.3, 0.4) is 0 Å². The zero-order chi connectivity index (χ0) is 27.8. The van der Waals surface area contributed by atoms with E-state index in [1.807, 2.05) is 38.1 Å². The number of anilines is 2. The van der Waals surface area contributed by atoms with Crippen molar-refractivity contribution in [1.82, 2.24) is 4.90 Å². The largest absolute Gasteiger partial charge is 0.481 e. The molecule has 3 fully saturated rings. The van der Waals surface area contributed by atoms with Crippen LogP contribution < -0.4 is 9.80 Å². The summed E-state index contributed by atoms with van der Waals surface area (Å²) in [4.78, 5) is 46.1. The van der Waals surface area contributed by atoms with Gasteiger partial charge >= 0.3 is 5.97 Å². The molecule has 2 N–H and O–H groups in total. The number of carbonyl (C=O) groups excluding carboxylic acids is 2. The van der Waals surface area contributed by atoms with Gasteiger partial charge in [-0.05, 0) is 56.9 Å². The molecule has 1 spiro atoms. The summed E-state index contributed by atoms with van der Waals surface area (Å²) in [5.41, 5.74) is 0.466. The average molecular weight is 528 g/mol. The van der Waals surface area contributed by atoms with Crippen LogP contribution in [0, 0.1) is 17.8 Å². The molecule has 1 aromatic rings. The van der Waals surface area contributed by atoms with Crippen molar-refractivity contribution in [2.24, 2.45) is 17.8 Å². The number of aliphatic hydroxyl groups is 1. The highest BCUT2D eigenvalue weighted by Gasteiger charge is 2.75. The van der Waals surface area contributed by atoms with E-state index in [2.05, 4.69) is 25.3 Å². The molecule has 0 aromatic heterocycles. The van der Waals surface area contributed by atoms with Gasteiger partial charge in [-0.25, -0.2) is 0 Å². The summed E-state index contributed by atoms with van der Waals surface area (Å²) in [7, 11) is 0. The second-order valence-electron chi connectivity index (χ2n) is 10.7. The Morgan fingerprint density at radius 1 is 1.21 bits per heavy atom. The van der Waals surface area contributed by atoms with Crippen LogP contribution in [0.2, 0.25) is 0 Å². The maximum atomic E-state index is 14.5. The number of ether oxygens (including phenoxy) is 1. The van der Waals surface area contributed by atoms with Crippen LogP contribution in [0.25, 0.3) is 0 Å². The van der Waals surface area contributed by atoms with Gasteiger partial charge in [0.1, 0.15) is 11.6 Å². The number of hydrogen-bond donors (Lipinski definition) is 2. The van der Waals surface area contributed by atoms with E-state index < -0.39 is 47.5 Å². The molecular weight excluding hydrogens is 486 g/mol. The number of carboxylic acid groups (broad SMARTS) is 1. The Hall–Kier alpha value is -2.91. The first kappa shape index (κ1) is 28.1. The molecule has 4 rings (SSSR count). The minimum Gasteiger partial charge on any atom is -0.481 e. The minimum atomic E-state index is -1.23. The smallest absolute Gasteiger partial charge is 0.310 e. The molecule has 0 radical (unpaired) electrons. The highest BCUT2D eigenvalue weighted by Crippen LogP contribution is 2.59.